The number of ketones is 1. The van der Waals surface area contributed by atoms with E-state index in [1.807, 2.05) is 40.8 Å². The van der Waals surface area contributed by atoms with Crippen LogP contribution in [0.4, 0.5) is 5.69 Å². The number of amides is 1. The lowest BCUT2D eigenvalue weighted by molar-refractivity contribution is 0.0652. The number of benzene rings is 2. The van der Waals surface area contributed by atoms with Gasteiger partial charge in [0, 0.05) is 44.8 Å². The molecule has 0 bridgehead atoms. The van der Waals surface area contributed by atoms with Crippen molar-refractivity contribution in [2.45, 2.75) is 40.3 Å². The van der Waals surface area contributed by atoms with Crippen LogP contribution < -0.4 is 10.3 Å². The molecule has 0 N–H and O–H groups in total. The molecule has 0 unspecified atom stereocenters. The Kier molecular flexibility index (Phi) is 6.36. The highest BCUT2D eigenvalue weighted by atomic mass is 16.2. The molecule has 2 heterocycles. The molecule has 0 saturated carbocycles. The van der Waals surface area contributed by atoms with Gasteiger partial charge >= 0.3 is 0 Å². The predicted octanol–water partition coefficient (Wildman–Crippen LogP) is 4.34. The third kappa shape index (κ3) is 4.56. The summed E-state index contributed by atoms with van der Waals surface area (Å²) >= 11 is 0. The number of aromatic nitrogens is 1. The molecule has 6 nitrogen and oxygen atoms in total. The van der Waals surface area contributed by atoms with Crippen molar-refractivity contribution in [2.24, 2.45) is 5.92 Å². The van der Waals surface area contributed by atoms with Crippen molar-refractivity contribution < 1.29 is 9.59 Å². The van der Waals surface area contributed by atoms with E-state index in [0.717, 1.165) is 36.3 Å². The number of hydrogen-bond donors (Lipinski definition) is 0. The Bertz CT molecular complexity index is 1260. The maximum Gasteiger partial charge on any atom is 0.255 e. The monoisotopic (exact) mass is 445 g/mol. The molecule has 2 aromatic carbocycles. The molecular formula is C27H31N3O3. The van der Waals surface area contributed by atoms with Gasteiger partial charge in [-0.3, -0.25) is 14.4 Å². The van der Waals surface area contributed by atoms with Gasteiger partial charge in [0.05, 0.1) is 22.3 Å². The minimum atomic E-state index is -0.313. The highest BCUT2D eigenvalue weighted by Crippen LogP contribution is 2.29. The number of anilines is 1. The topological polar surface area (TPSA) is 62.6 Å². The van der Waals surface area contributed by atoms with Gasteiger partial charge in [-0.25, -0.2) is 0 Å². The third-order valence-electron chi connectivity index (χ3n) is 6.19. The van der Waals surface area contributed by atoms with Gasteiger partial charge in [0.15, 0.2) is 11.2 Å². The van der Waals surface area contributed by atoms with Gasteiger partial charge in [-0.1, -0.05) is 44.2 Å². The van der Waals surface area contributed by atoms with Gasteiger partial charge in [0.2, 0.25) is 0 Å². The summed E-state index contributed by atoms with van der Waals surface area (Å²) in [5, 5.41) is 0.420. The summed E-state index contributed by atoms with van der Waals surface area (Å²) in [6, 6.07) is 13.7. The number of carbonyl (C=O) groups excluding carboxylic acids is 2. The summed E-state index contributed by atoms with van der Waals surface area (Å²) in [4.78, 5) is 42.7. The molecule has 1 amide bonds. The standard InChI is InChI=1S/C27H31N3O3/c1-18(2)15-30-17-23(19(3)31)26(32)21-13-22(27(33)29-11-8-12-29)24(14-25(21)30)28(4)16-20-9-6-5-7-10-20/h5-7,9-10,13-14,17-18H,8,11-12,15-16H2,1-4H3. The minimum absolute atomic E-state index is 0.0684. The maximum absolute atomic E-state index is 13.4. The highest BCUT2D eigenvalue weighted by molar-refractivity contribution is 6.05. The molecule has 1 aliphatic heterocycles. The van der Waals surface area contributed by atoms with Crippen LogP contribution in [0, 0.1) is 5.92 Å². The zero-order valence-corrected chi connectivity index (χ0v) is 19.8. The predicted molar refractivity (Wildman–Crippen MR) is 132 cm³/mol. The minimum Gasteiger partial charge on any atom is -0.370 e. The van der Waals surface area contributed by atoms with Crippen molar-refractivity contribution in [3.05, 3.63) is 75.6 Å². The Morgan fingerprint density at radius 2 is 1.76 bits per heavy atom. The molecule has 0 spiro atoms. The maximum atomic E-state index is 13.4. The Labute approximate surface area is 194 Å². The van der Waals surface area contributed by atoms with E-state index in [1.54, 1.807) is 12.3 Å². The number of likely N-dealkylation sites (tertiary alicyclic amines) is 1. The Morgan fingerprint density at radius 3 is 2.33 bits per heavy atom. The third-order valence-corrected chi connectivity index (χ3v) is 6.19. The van der Waals surface area contributed by atoms with E-state index >= 15 is 0 Å². The number of rotatable bonds is 7. The van der Waals surface area contributed by atoms with Crippen molar-refractivity contribution in [3.8, 4) is 0 Å². The number of hydrogen-bond acceptors (Lipinski definition) is 4. The fourth-order valence-corrected chi connectivity index (χ4v) is 4.34. The normalized spacial score (nSPS) is 13.3. The lowest BCUT2D eigenvalue weighted by Gasteiger charge is -2.33. The Balaban J connectivity index is 1.93. The van der Waals surface area contributed by atoms with Crippen LogP contribution in [0.15, 0.2) is 53.5 Å². The van der Waals surface area contributed by atoms with Crippen LogP contribution in [-0.2, 0) is 13.1 Å². The van der Waals surface area contributed by atoms with E-state index in [9.17, 15) is 14.4 Å². The van der Waals surface area contributed by atoms with Gasteiger partial charge in [0.1, 0.15) is 0 Å². The van der Waals surface area contributed by atoms with Crippen LogP contribution in [0.2, 0.25) is 0 Å². The molecule has 1 fully saturated rings. The van der Waals surface area contributed by atoms with Crippen LogP contribution in [-0.4, -0.2) is 41.3 Å². The summed E-state index contributed by atoms with van der Waals surface area (Å²) in [5.74, 6) is -0.00944. The van der Waals surface area contributed by atoms with Crippen molar-refractivity contribution in [2.75, 3.05) is 25.0 Å². The van der Waals surface area contributed by atoms with Crippen molar-refractivity contribution in [1.29, 1.82) is 0 Å². The van der Waals surface area contributed by atoms with Crippen LogP contribution in [0.5, 0.6) is 0 Å². The summed E-state index contributed by atoms with van der Waals surface area (Å²) in [6.07, 6.45) is 2.66. The van der Waals surface area contributed by atoms with E-state index in [0.29, 0.717) is 30.0 Å². The quantitative estimate of drug-likeness (QED) is 0.508. The van der Waals surface area contributed by atoms with Crippen LogP contribution in [0.3, 0.4) is 0 Å². The first-order valence-electron chi connectivity index (χ1n) is 11.5. The lowest BCUT2D eigenvalue weighted by atomic mass is 10.0. The first kappa shape index (κ1) is 22.8. The second kappa shape index (κ2) is 9.22. The molecule has 0 atom stereocenters. The van der Waals surface area contributed by atoms with Crippen molar-refractivity contribution in [3.63, 3.8) is 0 Å². The highest BCUT2D eigenvalue weighted by Gasteiger charge is 2.27. The summed E-state index contributed by atoms with van der Waals surface area (Å²) < 4.78 is 1.98. The van der Waals surface area contributed by atoms with Crippen LogP contribution >= 0.6 is 0 Å². The second-order valence-corrected chi connectivity index (χ2v) is 9.35. The van der Waals surface area contributed by atoms with Gasteiger partial charge in [-0.05, 0) is 37.0 Å². The first-order valence-corrected chi connectivity index (χ1v) is 11.5. The van der Waals surface area contributed by atoms with Crippen molar-refractivity contribution in [1.82, 2.24) is 9.47 Å². The number of carbonyl (C=O) groups is 2. The van der Waals surface area contributed by atoms with E-state index in [4.69, 9.17) is 0 Å². The molecular weight excluding hydrogens is 414 g/mol. The molecule has 0 radical (unpaired) electrons. The molecule has 6 heteroatoms. The summed E-state index contributed by atoms with van der Waals surface area (Å²) in [7, 11) is 1.97. The van der Waals surface area contributed by atoms with E-state index in [-0.39, 0.29) is 22.7 Å². The first-order chi connectivity index (χ1) is 15.8. The van der Waals surface area contributed by atoms with Gasteiger partial charge in [-0.15, -0.1) is 0 Å². The zero-order chi connectivity index (χ0) is 23.7. The van der Waals surface area contributed by atoms with E-state index in [2.05, 4.69) is 30.9 Å². The van der Waals surface area contributed by atoms with Gasteiger partial charge in [-0.2, -0.15) is 0 Å². The van der Waals surface area contributed by atoms with Crippen LogP contribution in [0.1, 0.15) is 53.5 Å². The molecule has 0 aliphatic carbocycles. The smallest absolute Gasteiger partial charge is 0.255 e. The molecule has 33 heavy (non-hydrogen) atoms. The number of Topliss-reactive ketones (excluding diaryl/α,β-unsaturated/α-hetero) is 1. The number of pyridine rings is 1. The Hall–Kier alpha value is -3.41. The molecule has 1 aromatic heterocycles. The molecule has 3 aromatic rings. The molecule has 1 saturated heterocycles. The number of nitrogens with zero attached hydrogens (tertiary/aromatic N) is 3. The van der Waals surface area contributed by atoms with Crippen molar-refractivity contribution >= 4 is 28.3 Å². The Morgan fingerprint density at radius 1 is 1.06 bits per heavy atom. The van der Waals surface area contributed by atoms with E-state index in [1.165, 1.54) is 6.92 Å². The molecule has 4 rings (SSSR count). The lowest BCUT2D eigenvalue weighted by Crippen LogP contribution is -2.42. The SMILES string of the molecule is CC(=O)c1cn(CC(C)C)c2cc(N(C)Cc3ccccc3)c(C(=O)N3CCC3)cc2c1=O. The zero-order valence-electron chi connectivity index (χ0n) is 19.8. The van der Waals surface area contributed by atoms with Crippen LogP contribution in [0.25, 0.3) is 10.9 Å². The molecule has 1 aliphatic rings. The van der Waals surface area contributed by atoms with Gasteiger partial charge in [0.25, 0.3) is 5.91 Å². The summed E-state index contributed by atoms with van der Waals surface area (Å²) in [5.41, 5.74) is 3.02. The largest absolute Gasteiger partial charge is 0.370 e. The second-order valence-electron chi connectivity index (χ2n) is 9.35. The van der Waals surface area contributed by atoms with Gasteiger partial charge < -0.3 is 14.4 Å². The fourth-order valence-electron chi connectivity index (χ4n) is 4.34. The average molecular weight is 446 g/mol. The summed E-state index contributed by atoms with van der Waals surface area (Å²) in [6.45, 7) is 8.36. The number of fused-ring (bicyclic) bond motifs is 1. The fraction of sp³-hybridized carbons (Fsp3) is 0.370. The molecule has 172 valence electrons. The average Bonchev–Trinajstić information content (AvgIpc) is 2.73. The van der Waals surface area contributed by atoms with E-state index < -0.39 is 0 Å².